The van der Waals surface area contributed by atoms with Crippen LogP contribution in [0.25, 0.3) is 0 Å². The van der Waals surface area contributed by atoms with E-state index < -0.39 is 27.2 Å². The minimum Gasteiger partial charge on any atom is -0.502 e. The third kappa shape index (κ3) is 1.86. The lowest BCUT2D eigenvalue weighted by molar-refractivity contribution is -0.711. The molecule has 74 valence electrons. The molecule has 8 heteroatoms. The van der Waals surface area contributed by atoms with Crippen LogP contribution in [-0.4, -0.2) is 15.1 Å². The highest BCUT2D eigenvalue weighted by Crippen LogP contribution is 2.35. The van der Waals surface area contributed by atoms with Crippen LogP contribution in [-0.2, 0) is 0 Å². The third-order valence-corrected chi connectivity index (χ3v) is 1.33. The minimum absolute atomic E-state index is 0.611. The second-order valence-electron chi connectivity index (χ2n) is 2.20. The Morgan fingerprint density at radius 2 is 1.93 bits per heavy atom. The zero-order valence-electron chi connectivity index (χ0n) is 6.61. The van der Waals surface area contributed by atoms with E-state index in [1.54, 1.807) is 0 Å². The molecule has 0 aromatic heterocycles. The second kappa shape index (κ2) is 3.56. The quantitative estimate of drug-likeness (QED) is 0.571. The van der Waals surface area contributed by atoms with Crippen molar-refractivity contribution < 1.29 is 20.0 Å². The van der Waals surface area contributed by atoms with Gasteiger partial charge in [0.05, 0.1) is 4.92 Å². The van der Waals surface area contributed by atoms with Crippen LogP contribution >= 0.6 is 0 Å². The van der Waals surface area contributed by atoms with Crippen LogP contribution in [0.15, 0.2) is 18.2 Å². The summed E-state index contributed by atoms with van der Waals surface area (Å²) >= 11 is 0. The molecule has 0 aliphatic rings. The fourth-order valence-corrected chi connectivity index (χ4v) is 0.848. The Morgan fingerprint density at radius 1 is 1.29 bits per heavy atom. The Bertz CT molecular complexity index is 390. The Morgan fingerprint density at radius 3 is 2.43 bits per heavy atom. The molecule has 0 saturated carbocycles. The number of hydrogen-bond donors (Lipinski definition) is 1. The fourth-order valence-electron chi connectivity index (χ4n) is 0.848. The first-order valence-electron chi connectivity index (χ1n) is 3.31. The Labute approximate surface area is 76.6 Å². The van der Waals surface area contributed by atoms with E-state index in [9.17, 15) is 20.2 Å². The third-order valence-electron chi connectivity index (χ3n) is 1.33. The maximum Gasteiger partial charge on any atom is 0.340 e. The smallest absolute Gasteiger partial charge is 0.340 e. The summed E-state index contributed by atoms with van der Waals surface area (Å²) in [4.78, 5) is 23.2. The van der Waals surface area contributed by atoms with Gasteiger partial charge in [0.1, 0.15) is 0 Å². The summed E-state index contributed by atoms with van der Waals surface area (Å²) in [6.45, 7) is 0. The summed E-state index contributed by atoms with van der Waals surface area (Å²) in [6, 6.07) is 3.24. The number of rotatable bonds is 3. The molecule has 0 radical (unpaired) electrons. The molecule has 0 aliphatic heterocycles. The van der Waals surface area contributed by atoms with Crippen molar-refractivity contribution in [1.29, 1.82) is 0 Å². The Kier molecular flexibility index (Phi) is 2.47. The molecule has 14 heavy (non-hydrogen) atoms. The van der Waals surface area contributed by atoms with Gasteiger partial charge in [-0.1, -0.05) is 6.07 Å². The van der Waals surface area contributed by atoms with Crippen LogP contribution in [0, 0.1) is 20.2 Å². The fraction of sp³-hybridized carbons (Fsp3) is 0. The monoisotopic (exact) mass is 200 g/mol. The van der Waals surface area contributed by atoms with E-state index in [0.29, 0.717) is 0 Å². The number of phenolic OH excluding ortho intramolecular Hbond substituents is 1. The number of para-hydroxylation sites is 1. The van der Waals surface area contributed by atoms with Gasteiger partial charge in [0, 0.05) is 0 Å². The summed E-state index contributed by atoms with van der Waals surface area (Å²) in [6.07, 6.45) is 0. The first-order chi connectivity index (χ1) is 6.52. The maximum absolute atomic E-state index is 10.4. The molecule has 0 atom stereocenters. The summed E-state index contributed by atoms with van der Waals surface area (Å²) in [5, 5.41) is 28.1. The first kappa shape index (κ1) is 9.71. The summed E-state index contributed by atoms with van der Waals surface area (Å²) in [5.41, 5.74) is -0.829. The van der Waals surface area contributed by atoms with Crippen LogP contribution in [0.1, 0.15) is 0 Å². The molecule has 0 fully saturated rings. The van der Waals surface area contributed by atoms with Crippen LogP contribution in [0.4, 0.5) is 5.69 Å². The second-order valence-corrected chi connectivity index (χ2v) is 2.20. The van der Waals surface area contributed by atoms with Gasteiger partial charge in [0.15, 0.2) is 5.75 Å². The van der Waals surface area contributed by atoms with Crippen molar-refractivity contribution in [1.82, 2.24) is 0 Å². The molecule has 0 unspecified atom stereocenters. The predicted molar refractivity (Wildman–Crippen MR) is 42.4 cm³/mol. The molecule has 0 saturated heterocycles. The highest BCUT2D eigenvalue weighted by Gasteiger charge is 2.21. The number of nitrogens with zero attached hydrogens (tertiary/aromatic N) is 2. The number of hydrogen-bond acceptors (Lipinski definition) is 6. The Balaban J connectivity index is 3.21. The van der Waals surface area contributed by atoms with Crippen molar-refractivity contribution in [2.45, 2.75) is 0 Å². The zero-order valence-corrected chi connectivity index (χ0v) is 6.61. The van der Waals surface area contributed by atoms with Crippen molar-refractivity contribution in [3.8, 4) is 11.5 Å². The van der Waals surface area contributed by atoms with Crippen molar-refractivity contribution in [3.63, 3.8) is 0 Å². The molecule has 0 aliphatic carbocycles. The van der Waals surface area contributed by atoms with Gasteiger partial charge < -0.3 is 5.11 Å². The van der Waals surface area contributed by atoms with Crippen LogP contribution in [0.3, 0.4) is 0 Å². The number of benzene rings is 1. The van der Waals surface area contributed by atoms with Crippen LogP contribution in [0.5, 0.6) is 11.5 Å². The van der Waals surface area contributed by atoms with Gasteiger partial charge >= 0.3 is 5.69 Å². The van der Waals surface area contributed by atoms with E-state index in [4.69, 9.17) is 5.11 Å². The standard InChI is InChI=1S/C6H4N2O6/c9-4-2-1-3-5(14-8(12)13)6(4)7(10)11/h1-3,9H. The molecule has 0 bridgehead atoms. The van der Waals surface area contributed by atoms with Gasteiger partial charge in [-0.15, -0.1) is 10.1 Å². The predicted octanol–water partition coefficient (Wildman–Crippen LogP) is 0.871. The normalized spacial score (nSPS) is 9.43. The summed E-state index contributed by atoms with van der Waals surface area (Å²) in [7, 11) is 0. The topological polar surface area (TPSA) is 116 Å². The molecule has 8 nitrogen and oxygen atoms in total. The van der Waals surface area contributed by atoms with Crippen LogP contribution in [0.2, 0.25) is 0 Å². The highest BCUT2D eigenvalue weighted by molar-refractivity contribution is 5.55. The molecule has 1 aromatic carbocycles. The molecular formula is C6H4N2O6. The van der Waals surface area contributed by atoms with Gasteiger partial charge in [-0.05, 0) is 12.1 Å². The average Bonchev–Trinajstić information content (AvgIpc) is 2.01. The average molecular weight is 200 g/mol. The van der Waals surface area contributed by atoms with Gasteiger partial charge in [-0.3, -0.25) is 15.0 Å². The first-order valence-corrected chi connectivity index (χ1v) is 3.31. The largest absolute Gasteiger partial charge is 0.502 e. The molecular weight excluding hydrogens is 196 g/mol. The van der Waals surface area contributed by atoms with Crippen molar-refractivity contribution in [2.24, 2.45) is 0 Å². The van der Waals surface area contributed by atoms with E-state index in [1.165, 1.54) is 6.07 Å². The van der Waals surface area contributed by atoms with E-state index in [0.717, 1.165) is 12.1 Å². The van der Waals surface area contributed by atoms with E-state index in [-0.39, 0.29) is 0 Å². The van der Waals surface area contributed by atoms with Crippen molar-refractivity contribution in [3.05, 3.63) is 38.4 Å². The summed E-state index contributed by atoms with van der Waals surface area (Å²) in [5.74, 6) is -1.30. The lowest BCUT2D eigenvalue weighted by atomic mass is 10.3. The van der Waals surface area contributed by atoms with E-state index in [1.807, 2.05) is 0 Å². The molecule has 0 amide bonds. The van der Waals surface area contributed by atoms with Crippen LogP contribution < -0.4 is 4.84 Å². The molecule has 1 rings (SSSR count). The number of phenols is 1. The number of nitro groups is 1. The molecule has 0 spiro atoms. The van der Waals surface area contributed by atoms with Crippen molar-refractivity contribution in [2.75, 3.05) is 0 Å². The zero-order chi connectivity index (χ0) is 10.7. The number of aromatic hydroxyl groups is 1. The lowest BCUT2D eigenvalue weighted by Gasteiger charge is -2.00. The maximum atomic E-state index is 10.4. The summed E-state index contributed by atoms with van der Waals surface area (Å²) < 4.78 is 0. The van der Waals surface area contributed by atoms with E-state index >= 15 is 0 Å². The van der Waals surface area contributed by atoms with Crippen molar-refractivity contribution >= 4 is 5.69 Å². The Hall–Kier alpha value is -2.38. The molecule has 1 N–H and O–H groups in total. The molecule has 1 aromatic rings. The minimum atomic E-state index is -1.19. The highest BCUT2D eigenvalue weighted by atomic mass is 17.0. The van der Waals surface area contributed by atoms with Gasteiger partial charge in [-0.2, -0.15) is 0 Å². The van der Waals surface area contributed by atoms with Gasteiger partial charge in [-0.25, -0.2) is 0 Å². The lowest BCUT2D eigenvalue weighted by Crippen LogP contribution is -2.05. The number of nitro benzene ring substituents is 1. The van der Waals surface area contributed by atoms with E-state index in [2.05, 4.69) is 4.84 Å². The van der Waals surface area contributed by atoms with Gasteiger partial charge in [0.25, 0.3) is 5.09 Å². The van der Waals surface area contributed by atoms with Gasteiger partial charge in [0.2, 0.25) is 5.75 Å². The molecule has 0 heterocycles. The SMILES string of the molecule is O=[N+]([O-])Oc1cccc(O)c1[N+](=O)[O-].